The molecule has 1 aliphatic heterocycles. The maximum absolute atomic E-state index is 14.5. The van der Waals surface area contributed by atoms with Gasteiger partial charge in [-0.3, -0.25) is 14.7 Å². The number of hydrogen-bond donors (Lipinski definition) is 1. The standard InChI is InChI=1S/C36H34N2O11S2/c39-38(40)29-18-20-30(21-19-29)50(41,42)37-22-34(46-23-26-10-3-1-4-11-26)36(47-24-27-12-5-2-6-13-27)35(32(37)25-48-51(43,44)45)49-33-17-9-15-28-14-7-8-16-31(28)33/h1-21,32,34-36H,22-25H2,(H,43,44,45)/t32-,34-,35+,36+/m0/s1. The molecule has 1 heterocycles. The minimum Gasteiger partial charge on any atom is -0.485 e. The van der Waals surface area contributed by atoms with E-state index in [9.17, 15) is 31.5 Å². The Morgan fingerprint density at radius 2 is 1.31 bits per heavy atom. The average molecular weight is 735 g/mol. The largest absolute Gasteiger partial charge is 0.485 e. The zero-order valence-corrected chi connectivity index (χ0v) is 28.6. The second kappa shape index (κ2) is 15.7. The van der Waals surface area contributed by atoms with Gasteiger partial charge in [-0.15, -0.1) is 0 Å². The highest BCUT2D eigenvalue weighted by Crippen LogP contribution is 2.36. The molecule has 1 saturated heterocycles. The second-order valence-corrected chi connectivity index (χ2v) is 14.7. The smallest absolute Gasteiger partial charge is 0.397 e. The van der Waals surface area contributed by atoms with Crippen LogP contribution in [0.2, 0.25) is 0 Å². The van der Waals surface area contributed by atoms with Crippen LogP contribution in [-0.2, 0) is 47.3 Å². The lowest BCUT2D eigenvalue weighted by atomic mass is 9.95. The summed E-state index contributed by atoms with van der Waals surface area (Å²) in [6, 6.07) is 34.0. The summed E-state index contributed by atoms with van der Waals surface area (Å²) in [6.45, 7) is -1.10. The van der Waals surface area contributed by atoms with Gasteiger partial charge in [0.15, 0.2) is 0 Å². The van der Waals surface area contributed by atoms with Crippen molar-refractivity contribution in [3.8, 4) is 5.75 Å². The summed E-state index contributed by atoms with van der Waals surface area (Å²) in [4.78, 5) is 10.4. The SMILES string of the molecule is O=[N+]([O-])c1ccc(S(=O)(=O)N2C[C@H](OCc3ccccc3)[C@@H](OCc3ccccc3)[C@H](Oc3cccc4ccccc34)[C@@H]2COS(=O)(=O)O)cc1. The van der Waals surface area contributed by atoms with Gasteiger partial charge >= 0.3 is 10.4 Å². The Labute approximate surface area is 295 Å². The van der Waals surface area contributed by atoms with Gasteiger partial charge in [0.1, 0.15) is 24.1 Å². The normalized spacial score (nSPS) is 19.9. The van der Waals surface area contributed by atoms with E-state index in [1.165, 1.54) is 0 Å². The molecule has 0 radical (unpaired) electrons. The van der Waals surface area contributed by atoms with E-state index in [2.05, 4.69) is 0 Å². The number of nitrogens with zero attached hydrogens (tertiary/aromatic N) is 2. The van der Waals surface area contributed by atoms with Crippen molar-refractivity contribution >= 4 is 36.9 Å². The second-order valence-electron chi connectivity index (χ2n) is 11.8. The molecule has 13 nitrogen and oxygen atoms in total. The van der Waals surface area contributed by atoms with Gasteiger partial charge in [0.05, 0.1) is 35.7 Å². The number of hydrogen-bond acceptors (Lipinski definition) is 10. The van der Waals surface area contributed by atoms with Crippen LogP contribution in [0.1, 0.15) is 11.1 Å². The summed E-state index contributed by atoms with van der Waals surface area (Å²) >= 11 is 0. The first-order valence-electron chi connectivity index (χ1n) is 15.8. The number of nitro groups is 1. The monoisotopic (exact) mass is 734 g/mol. The molecule has 51 heavy (non-hydrogen) atoms. The minimum atomic E-state index is -5.06. The van der Waals surface area contributed by atoms with Crippen LogP contribution in [0, 0.1) is 10.1 Å². The quantitative estimate of drug-likeness (QED) is 0.0861. The van der Waals surface area contributed by atoms with Crippen molar-refractivity contribution in [2.75, 3.05) is 13.2 Å². The number of non-ortho nitro benzene ring substituents is 1. The Morgan fingerprint density at radius 1 is 0.725 bits per heavy atom. The summed E-state index contributed by atoms with van der Waals surface area (Å²) < 4.78 is 88.0. The van der Waals surface area contributed by atoms with Crippen molar-refractivity contribution in [2.45, 2.75) is 42.5 Å². The topological polar surface area (TPSA) is 172 Å². The zero-order chi connectivity index (χ0) is 36.0. The van der Waals surface area contributed by atoms with Crippen LogP contribution < -0.4 is 4.74 Å². The summed E-state index contributed by atoms with van der Waals surface area (Å²) in [5.41, 5.74) is 1.27. The van der Waals surface area contributed by atoms with Crippen LogP contribution in [0.25, 0.3) is 10.8 Å². The molecule has 0 aliphatic carbocycles. The van der Waals surface area contributed by atoms with Gasteiger partial charge in [-0.25, -0.2) is 12.6 Å². The average Bonchev–Trinajstić information content (AvgIpc) is 3.13. The number of fused-ring (bicyclic) bond motifs is 1. The van der Waals surface area contributed by atoms with E-state index in [0.29, 0.717) is 11.1 Å². The molecule has 6 rings (SSSR count). The first-order chi connectivity index (χ1) is 24.5. The van der Waals surface area contributed by atoms with Gasteiger partial charge in [-0.2, -0.15) is 12.7 Å². The predicted octanol–water partition coefficient (Wildman–Crippen LogP) is 5.56. The lowest BCUT2D eigenvalue weighted by Crippen LogP contribution is -2.66. The highest BCUT2D eigenvalue weighted by molar-refractivity contribution is 7.89. The maximum atomic E-state index is 14.5. The van der Waals surface area contributed by atoms with Gasteiger partial charge in [0.2, 0.25) is 10.0 Å². The van der Waals surface area contributed by atoms with Crippen LogP contribution in [0.4, 0.5) is 5.69 Å². The number of benzene rings is 5. The van der Waals surface area contributed by atoms with Crippen molar-refractivity contribution in [2.24, 2.45) is 0 Å². The molecule has 5 aromatic rings. The number of piperidine rings is 1. The van der Waals surface area contributed by atoms with Crippen molar-refractivity contribution in [1.82, 2.24) is 4.31 Å². The van der Waals surface area contributed by atoms with E-state index in [0.717, 1.165) is 45.1 Å². The summed E-state index contributed by atoms with van der Waals surface area (Å²) in [7, 11) is -9.62. The third kappa shape index (κ3) is 8.77. The highest BCUT2D eigenvalue weighted by Gasteiger charge is 2.51. The van der Waals surface area contributed by atoms with Crippen LogP contribution in [0.5, 0.6) is 5.75 Å². The van der Waals surface area contributed by atoms with Crippen molar-refractivity contribution in [1.29, 1.82) is 0 Å². The molecule has 0 spiro atoms. The molecule has 0 saturated carbocycles. The molecule has 0 amide bonds. The fourth-order valence-electron chi connectivity index (χ4n) is 5.98. The molecule has 1 N–H and O–H groups in total. The Bertz CT molecular complexity index is 2160. The van der Waals surface area contributed by atoms with Crippen LogP contribution in [0.15, 0.2) is 132 Å². The van der Waals surface area contributed by atoms with Crippen molar-refractivity contribution in [3.05, 3.63) is 149 Å². The lowest BCUT2D eigenvalue weighted by molar-refractivity contribution is -0.384. The Morgan fingerprint density at radius 3 is 1.94 bits per heavy atom. The molecule has 0 bridgehead atoms. The Hall–Kier alpha value is -4.74. The summed E-state index contributed by atoms with van der Waals surface area (Å²) in [6.07, 6.45) is -3.31. The number of sulfonamides is 1. The molecule has 266 valence electrons. The lowest BCUT2D eigenvalue weighted by Gasteiger charge is -2.47. The van der Waals surface area contributed by atoms with Gasteiger partial charge in [0, 0.05) is 24.1 Å². The van der Waals surface area contributed by atoms with Crippen molar-refractivity contribution < 1.29 is 44.7 Å². The predicted molar refractivity (Wildman–Crippen MR) is 187 cm³/mol. The minimum absolute atomic E-state index is 0.0626. The Balaban J connectivity index is 1.48. The van der Waals surface area contributed by atoms with Crippen LogP contribution >= 0.6 is 0 Å². The van der Waals surface area contributed by atoms with Crippen molar-refractivity contribution in [3.63, 3.8) is 0 Å². The number of rotatable bonds is 14. The first kappa shape index (κ1) is 36.1. The van der Waals surface area contributed by atoms with E-state index >= 15 is 0 Å². The van der Waals surface area contributed by atoms with Crippen LogP contribution in [0.3, 0.4) is 0 Å². The molecule has 1 aliphatic rings. The van der Waals surface area contributed by atoms with Crippen LogP contribution in [-0.4, -0.2) is 68.1 Å². The fraction of sp³-hybridized carbons (Fsp3) is 0.222. The fourth-order valence-corrected chi connectivity index (χ4v) is 7.92. The molecular weight excluding hydrogens is 701 g/mol. The number of nitro benzene ring substituents is 1. The van der Waals surface area contributed by atoms with E-state index in [4.69, 9.17) is 18.4 Å². The summed E-state index contributed by atoms with van der Waals surface area (Å²) in [5.74, 6) is 0.347. The zero-order valence-electron chi connectivity index (χ0n) is 27.0. The highest BCUT2D eigenvalue weighted by atomic mass is 32.3. The van der Waals surface area contributed by atoms with E-state index in [1.54, 1.807) is 12.1 Å². The van der Waals surface area contributed by atoms with Gasteiger partial charge in [0.25, 0.3) is 5.69 Å². The third-order valence-corrected chi connectivity index (χ3v) is 10.8. The number of ether oxygens (including phenoxy) is 3. The summed E-state index contributed by atoms with van der Waals surface area (Å²) in [5, 5.41) is 12.9. The van der Waals surface area contributed by atoms with Gasteiger partial charge in [-0.1, -0.05) is 97.1 Å². The van der Waals surface area contributed by atoms with E-state index in [-0.39, 0.29) is 30.3 Å². The molecule has 15 heteroatoms. The molecule has 5 aromatic carbocycles. The molecule has 0 aromatic heterocycles. The first-order valence-corrected chi connectivity index (χ1v) is 18.6. The van der Waals surface area contributed by atoms with Gasteiger partial charge in [-0.05, 0) is 34.7 Å². The molecule has 1 fully saturated rings. The third-order valence-electron chi connectivity index (χ3n) is 8.45. The van der Waals surface area contributed by atoms with E-state index in [1.807, 2.05) is 91.0 Å². The Kier molecular flexibility index (Phi) is 11.1. The van der Waals surface area contributed by atoms with E-state index < -0.39 is 56.3 Å². The maximum Gasteiger partial charge on any atom is 0.397 e. The van der Waals surface area contributed by atoms with Gasteiger partial charge < -0.3 is 14.2 Å². The molecular formula is C36H34N2O11S2. The molecule has 4 atom stereocenters. The molecule has 0 unspecified atom stereocenters.